The number of esters is 1. The average molecular weight is 320 g/mol. The molecule has 4 atom stereocenters. The van der Waals surface area contributed by atoms with Crippen molar-refractivity contribution in [3.63, 3.8) is 0 Å². The van der Waals surface area contributed by atoms with E-state index in [9.17, 15) is 4.79 Å². The highest BCUT2D eigenvalue weighted by atomic mass is 16.5. The molecule has 1 aliphatic rings. The second kappa shape index (κ2) is 8.34. The fourth-order valence-electron chi connectivity index (χ4n) is 3.01. The van der Waals surface area contributed by atoms with E-state index < -0.39 is 0 Å². The van der Waals surface area contributed by atoms with Gasteiger partial charge in [0, 0.05) is 12.3 Å². The van der Waals surface area contributed by atoms with Crippen molar-refractivity contribution in [2.24, 2.45) is 5.92 Å². The fraction of sp³-hybridized carbons (Fsp3) is 0.632. The van der Waals surface area contributed by atoms with Crippen LogP contribution in [0, 0.1) is 5.92 Å². The van der Waals surface area contributed by atoms with Gasteiger partial charge in [0.15, 0.2) is 0 Å². The topological polar surface area (TPSA) is 40.0 Å². The smallest absolute Gasteiger partial charge is 0.338 e. The van der Waals surface area contributed by atoms with Crippen LogP contribution in [-0.4, -0.2) is 38.3 Å². The monoisotopic (exact) mass is 320 g/mol. The zero-order chi connectivity index (χ0) is 16.8. The number of benzene rings is 1. The van der Waals surface area contributed by atoms with Crippen LogP contribution in [0.5, 0.6) is 5.75 Å². The number of nitrogens with one attached hydrogen (secondary N) is 1. The van der Waals surface area contributed by atoms with E-state index in [1.165, 1.54) is 4.90 Å². The Morgan fingerprint density at radius 1 is 1.26 bits per heavy atom. The van der Waals surface area contributed by atoms with E-state index >= 15 is 0 Å². The van der Waals surface area contributed by atoms with Crippen molar-refractivity contribution in [1.29, 1.82) is 0 Å². The molecule has 0 aliphatic carbocycles. The summed E-state index contributed by atoms with van der Waals surface area (Å²) < 4.78 is 11.4. The average Bonchev–Trinajstić information content (AvgIpc) is 2.53. The van der Waals surface area contributed by atoms with Gasteiger partial charge in [-0.15, -0.1) is 0 Å². The second-order valence-corrected chi connectivity index (χ2v) is 6.83. The van der Waals surface area contributed by atoms with Gasteiger partial charge in [0.2, 0.25) is 0 Å². The van der Waals surface area contributed by atoms with E-state index in [0.29, 0.717) is 24.1 Å². The maximum absolute atomic E-state index is 12.3. The van der Waals surface area contributed by atoms with Crippen LogP contribution in [0.1, 0.15) is 50.4 Å². The van der Waals surface area contributed by atoms with Crippen molar-refractivity contribution in [2.75, 3.05) is 20.2 Å². The number of quaternary nitrogens is 1. The van der Waals surface area contributed by atoms with E-state index in [4.69, 9.17) is 9.47 Å². The Balaban J connectivity index is 1.90. The number of ether oxygens (including phenoxy) is 2. The summed E-state index contributed by atoms with van der Waals surface area (Å²) >= 11 is 0. The first kappa shape index (κ1) is 17.8. The molecular formula is C19H30NO3+. The summed E-state index contributed by atoms with van der Waals surface area (Å²) in [6, 6.07) is 7.79. The summed E-state index contributed by atoms with van der Waals surface area (Å²) in [6.45, 7) is 8.27. The molecule has 0 spiro atoms. The molecule has 1 saturated heterocycles. The van der Waals surface area contributed by atoms with Crippen LogP contribution in [0.15, 0.2) is 24.3 Å². The highest BCUT2D eigenvalue weighted by Gasteiger charge is 2.34. The third-order valence-corrected chi connectivity index (χ3v) is 4.82. The maximum atomic E-state index is 12.3. The predicted molar refractivity (Wildman–Crippen MR) is 91.0 cm³/mol. The van der Waals surface area contributed by atoms with E-state index in [-0.39, 0.29) is 12.1 Å². The van der Waals surface area contributed by atoms with Crippen molar-refractivity contribution < 1.29 is 19.2 Å². The van der Waals surface area contributed by atoms with Crippen LogP contribution in [0.3, 0.4) is 0 Å². The Hall–Kier alpha value is -1.55. The van der Waals surface area contributed by atoms with Crippen LogP contribution < -0.4 is 9.64 Å². The van der Waals surface area contributed by atoms with E-state index in [0.717, 1.165) is 31.6 Å². The van der Waals surface area contributed by atoms with Gasteiger partial charge in [0.1, 0.15) is 11.9 Å². The SMILES string of the molecule is CCCCOc1ccc(C(=O)O[C@@H]2C[C@@H](C)[NH+](C)C[C@@H]2C)cc1. The number of carbonyl (C=O) groups is 1. The van der Waals surface area contributed by atoms with E-state index in [1.807, 2.05) is 12.1 Å². The summed E-state index contributed by atoms with van der Waals surface area (Å²) in [6.07, 6.45) is 3.09. The van der Waals surface area contributed by atoms with Gasteiger partial charge in [-0.2, -0.15) is 0 Å². The molecule has 128 valence electrons. The first-order chi connectivity index (χ1) is 11.0. The minimum Gasteiger partial charge on any atom is -0.494 e. The number of hydrogen-bond acceptors (Lipinski definition) is 3. The first-order valence-electron chi connectivity index (χ1n) is 8.77. The zero-order valence-electron chi connectivity index (χ0n) is 14.8. The predicted octanol–water partition coefficient (Wildman–Crippen LogP) is 2.33. The lowest BCUT2D eigenvalue weighted by Crippen LogP contribution is -3.14. The summed E-state index contributed by atoms with van der Waals surface area (Å²) in [5.41, 5.74) is 0.596. The van der Waals surface area contributed by atoms with Crippen LogP contribution in [0.4, 0.5) is 0 Å². The number of carbonyl (C=O) groups excluding carboxylic acids is 1. The van der Waals surface area contributed by atoms with Crippen molar-refractivity contribution in [2.45, 2.75) is 52.2 Å². The summed E-state index contributed by atoms with van der Waals surface area (Å²) in [5.74, 6) is 0.973. The van der Waals surface area contributed by atoms with Gasteiger partial charge in [-0.25, -0.2) is 4.79 Å². The van der Waals surface area contributed by atoms with Gasteiger partial charge in [0.05, 0.1) is 31.8 Å². The third-order valence-electron chi connectivity index (χ3n) is 4.82. The zero-order valence-corrected chi connectivity index (χ0v) is 14.8. The molecule has 1 fully saturated rings. The molecule has 1 N–H and O–H groups in total. The molecular weight excluding hydrogens is 290 g/mol. The molecule has 1 heterocycles. The lowest BCUT2D eigenvalue weighted by atomic mass is 9.92. The lowest BCUT2D eigenvalue weighted by Gasteiger charge is -2.36. The highest BCUT2D eigenvalue weighted by molar-refractivity contribution is 5.89. The number of piperidine rings is 1. The van der Waals surface area contributed by atoms with Gasteiger partial charge in [-0.05, 0) is 37.6 Å². The van der Waals surface area contributed by atoms with E-state index in [1.54, 1.807) is 12.1 Å². The summed E-state index contributed by atoms with van der Waals surface area (Å²) in [7, 11) is 2.20. The first-order valence-corrected chi connectivity index (χ1v) is 8.77. The van der Waals surface area contributed by atoms with Gasteiger partial charge >= 0.3 is 5.97 Å². The van der Waals surface area contributed by atoms with Crippen molar-refractivity contribution in [3.8, 4) is 5.75 Å². The Kier molecular flexibility index (Phi) is 6.46. The summed E-state index contributed by atoms with van der Waals surface area (Å²) in [5, 5.41) is 0. The van der Waals surface area contributed by atoms with Crippen LogP contribution in [0.2, 0.25) is 0 Å². The molecule has 2 rings (SSSR count). The Morgan fingerprint density at radius 2 is 1.96 bits per heavy atom. The molecule has 1 aromatic carbocycles. The van der Waals surface area contributed by atoms with Crippen molar-refractivity contribution >= 4 is 5.97 Å². The fourth-order valence-corrected chi connectivity index (χ4v) is 3.01. The van der Waals surface area contributed by atoms with Gasteiger partial charge < -0.3 is 14.4 Å². The van der Waals surface area contributed by atoms with Crippen LogP contribution in [-0.2, 0) is 4.74 Å². The van der Waals surface area contributed by atoms with Crippen LogP contribution in [0.25, 0.3) is 0 Å². The molecule has 0 bridgehead atoms. The van der Waals surface area contributed by atoms with Gasteiger partial charge in [-0.3, -0.25) is 0 Å². The number of unbranched alkanes of at least 4 members (excludes halogenated alkanes) is 1. The van der Waals surface area contributed by atoms with Gasteiger partial charge in [0.25, 0.3) is 0 Å². The number of hydrogen-bond donors (Lipinski definition) is 1. The minimum atomic E-state index is -0.228. The number of rotatable bonds is 6. The molecule has 23 heavy (non-hydrogen) atoms. The van der Waals surface area contributed by atoms with Gasteiger partial charge in [-0.1, -0.05) is 20.3 Å². The molecule has 0 aromatic heterocycles. The quantitative estimate of drug-likeness (QED) is 0.646. The summed E-state index contributed by atoms with van der Waals surface area (Å²) in [4.78, 5) is 13.9. The van der Waals surface area contributed by atoms with E-state index in [2.05, 4.69) is 27.8 Å². The largest absolute Gasteiger partial charge is 0.494 e. The molecule has 4 nitrogen and oxygen atoms in total. The normalized spacial score (nSPS) is 27.5. The van der Waals surface area contributed by atoms with Crippen molar-refractivity contribution in [1.82, 2.24) is 0 Å². The lowest BCUT2D eigenvalue weighted by molar-refractivity contribution is -0.914. The molecule has 4 heteroatoms. The molecule has 1 unspecified atom stereocenters. The molecule has 0 amide bonds. The Labute approximate surface area is 139 Å². The second-order valence-electron chi connectivity index (χ2n) is 6.83. The minimum absolute atomic E-state index is 0.0154. The molecule has 0 radical (unpaired) electrons. The molecule has 1 aromatic rings. The Morgan fingerprint density at radius 3 is 2.61 bits per heavy atom. The molecule has 1 aliphatic heterocycles. The van der Waals surface area contributed by atoms with Crippen LogP contribution >= 0.6 is 0 Å². The van der Waals surface area contributed by atoms with Crippen molar-refractivity contribution in [3.05, 3.63) is 29.8 Å². The standard InChI is InChI=1S/C19H29NO3/c1-5-6-11-22-17-9-7-16(8-10-17)19(21)23-18-12-15(3)20(4)13-14(18)2/h7-10,14-15,18H,5-6,11-13H2,1-4H3/p+1/t14-,15+,18+/m0/s1. The number of likely N-dealkylation sites (tertiary alicyclic amines) is 1. The highest BCUT2D eigenvalue weighted by Crippen LogP contribution is 2.19. The Bertz CT molecular complexity index is 500. The third kappa shape index (κ3) is 4.96. The maximum Gasteiger partial charge on any atom is 0.338 e. The molecule has 0 saturated carbocycles.